The Balaban J connectivity index is 1.57. The molecule has 4 rings (SSSR count). The minimum absolute atomic E-state index is 0.0178. The number of ether oxygens (including phenoxy) is 1. The van der Waals surface area contributed by atoms with Crippen LogP contribution in [-0.4, -0.2) is 41.1 Å². The Labute approximate surface area is 126 Å². The van der Waals surface area contributed by atoms with Gasteiger partial charge in [0.15, 0.2) is 10.8 Å². The van der Waals surface area contributed by atoms with Gasteiger partial charge in [0.1, 0.15) is 5.69 Å². The minimum Gasteiger partial charge on any atom is -0.462 e. The highest BCUT2D eigenvalue weighted by molar-refractivity contribution is 7.13. The molecule has 3 heterocycles. The fourth-order valence-corrected chi connectivity index (χ4v) is 3.97. The fraction of sp³-hybridized carbons (Fsp3) is 0.467. The Morgan fingerprint density at radius 3 is 3.24 bits per heavy atom. The summed E-state index contributed by atoms with van der Waals surface area (Å²) in [6, 6.07) is 3.90. The van der Waals surface area contributed by atoms with Gasteiger partial charge >= 0.3 is 0 Å². The van der Waals surface area contributed by atoms with Gasteiger partial charge in [-0.2, -0.15) is 0 Å². The van der Waals surface area contributed by atoms with Gasteiger partial charge in [0.2, 0.25) is 0 Å². The molecule has 0 unspecified atom stereocenters. The second kappa shape index (κ2) is 5.27. The smallest absolute Gasteiger partial charge is 0.273 e. The van der Waals surface area contributed by atoms with Crippen LogP contribution in [0.5, 0.6) is 0 Å². The number of hydrogen-bond acceptors (Lipinski definition) is 5. The van der Waals surface area contributed by atoms with E-state index >= 15 is 0 Å². The first-order valence-electron chi connectivity index (χ1n) is 7.25. The SMILES string of the molecule is O=C(c1csc(-c2ccco2)n1)N1CCO[C@H]2CCC[C@@H]21. The van der Waals surface area contributed by atoms with E-state index in [2.05, 4.69) is 4.98 Å². The van der Waals surface area contributed by atoms with Crippen molar-refractivity contribution < 1.29 is 13.9 Å². The van der Waals surface area contributed by atoms with Crippen molar-refractivity contribution in [2.45, 2.75) is 31.4 Å². The molecule has 21 heavy (non-hydrogen) atoms. The molecule has 0 aromatic carbocycles. The monoisotopic (exact) mass is 304 g/mol. The van der Waals surface area contributed by atoms with Crippen LogP contribution in [0.1, 0.15) is 29.8 Å². The zero-order valence-electron chi connectivity index (χ0n) is 11.5. The molecule has 2 fully saturated rings. The average Bonchev–Trinajstić information content (AvgIpc) is 3.23. The zero-order valence-corrected chi connectivity index (χ0v) is 12.3. The van der Waals surface area contributed by atoms with Crippen LogP contribution in [0.2, 0.25) is 0 Å². The van der Waals surface area contributed by atoms with Crippen molar-refractivity contribution in [1.82, 2.24) is 9.88 Å². The molecular formula is C15H16N2O3S. The lowest BCUT2D eigenvalue weighted by atomic mass is 10.1. The maximum Gasteiger partial charge on any atom is 0.273 e. The van der Waals surface area contributed by atoms with E-state index in [1.807, 2.05) is 22.4 Å². The maximum absolute atomic E-state index is 12.7. The molecule has 110 valence electrons. The van der Waals surface area contributed by atoms with E-state index in [0.717, 1.165) is 24.3 Å². The van der Waals surface area contributed by atoms with Crippen molar-refractivity contribution in [2.24, 2.45) is 0 Å². The Hall–Kier alpha value is -1.66. The summed E-state index contributed by atoms with van der Waals surface area (Å²) in [4.78, 5) is 19.1. The number of morpholine rings is 1. The average molecular weight is 304 g/mol. The van der Waals surface area contributed by atoms with E-state index in [4.69, 9.17) is 9.15 Å². The molecule has 0 radical (unpaired) electrons. The quantitative estimate of drug-likeness (QED) is 0.856. The van der Waals surface area contributed by atoms with Crippen LogP contribution in [0.25, 0.3) is 10.8 Å². The summed E-state index contributed by atoms with van der Waals surface area (Å²) in [5, 5.41) is 2.57. The third kappa shape index (κ3) is 2.28. The van der Waals surface area contributed by atoms with Crippen LogP contribution in [-0.2, 0) is 4.74 Å². The van der Waals surface area contributed by atoms with Gasteiger partial charge < -0.3 is 14.1 Å². The molecule has 1 amide bonds. The summed E-state index contributed by atoms with van der Waals surface area (Å²) in [6.45, 7) is 1.29. The summed E-state index contributed by atoms with van der Waals surface area (Å²) in [5.74, 6) is 0.726. The van der Waals surface area contributed by atoms with Crippen LogP contribution in [0.4, 0.5) is 0 Å². The summed E-state index contributed by atoms with van der Waals surface area (Å²) in [7, 11) is 0. The molecule has 1 aliphatic carbocycles. The lowest BCUT2D eigenvalue weighted by molar-refractivity contribution is -0.0447. The molecule has 0 N–H and O–H groups in total. The number of fused-ring (bicyclic) bond motifs is 1. The fourth-order valence-electron chi connectivity index (χ4n) is 3.21. The van der Waals surface area contributed by atoms with Crippen molar-refractivity contribution in [3.05, 3.63) is 29.5 Å². The van der Waals surface area contributed by atoms with E-state index in [-0.39, 0.29) is 18.1 Å². The van der Waals surface area contributed by atoms with E-state index in [0.29, 0.717) is 24.6 Å². The third-order valence-corrected chi connectivity index (χ3v) is 5.06. The number of aromatic nitrogens is 1. The predicted molar refractivity (Wildman–Crippen MR) is 78.2 cm³/mol. The van der Waals surface area contributed by atoms with Gasteiger partial charge in [0, 0.05) is 11.9 Å². The molecule has 2 aromatic rings. The topological polar surface area (TPSA) is 55.6 Å². The molecule has 1 saturated heterocycles. The Bertz CT molecular complexity index is 637. The Kier molecular flexibility index (Phi) is 3.27. The summed E-state index contributed by atoms with van der Waals surface area (Å²) >= 11 is 1.44. The first-order chi connectivity index (χ1) is 10.3. The van der Waals surface area contributed by atoms with E-state index in [1.54, 1.807) is 6.26 Å². The van der Waals surface area contributed by atoms with Crippen molar-refractivity contribution in [2.75, 3.05) is 13.2 Å². The summed E-state index contributed by atoms with van der Waals surface area (Å²) < 4.78 is 11.1. The van der Waals surface area contributed by atoms with Gasteiger partial charge in [-0.1, -0.05) is 0 Å². The molecule has 1 saturated carbocycles. The molecule has 2 aromatic heterocycles. The summed E-state index contributed by atoms with van der Waals surface area (Å²) in [5.41, 5.74) is 0.513. The lowest BCUT2D eigenvalue weighted by Crippen LogP contribution is -2.51. The van der Waals surface area contributed by atoms with Crippen molar-refractivity contribution in [3.8, 4) is 10.8 Å². The first-order valence-corrected chi connectivity index (χ1v) is 8.13. The van der Waals surface area contributed by atoms with Gasteiger partial charge in [-0.05, 0) is 31.4 Å². The summed E-state index contributed by atoms with van der Waals surface area (Å²) in [6.07, 6.45) is 5.05. The minimum atomic E-state index is 0.0178. The van der Waals surface area contributed by atoms with Crippen LogP contribution in [0, 0.1) is 0 Å². The van der Waals surface area contributed by atoms with Crippen molar-refractivity contribution in [1.29, 1.82) is 0 Å². The molecule has 1 aliphatic heterocycles. The molecule has 2 atom stereocenters. The number of amides is 1. The first kappa shape index (κ1) is 13.0. The molecule has 0 bridgehead atoms. The standard InChI is InChI=1S/C15H16N2O3S/c18-15(17-6-8-20-12-4-1-3-11(12)17)10-9-21-14(16-10)13-5-2-7-19-13/h2,5,7,9,11-12H,1,3-4,6,8H2/t11-,12-/m0/s1. The van der Waals surface area contributed by atoms with E-state index in [1.165, 1.54) is 11.3 Å². The Morgan fingerprint density at radius 1 is 1.43 bits per heavy atom. The molecule has 2 aliphatic rings. The van der Waals surface area contributed by atoms with Gasteiger partial charge in [-0.3, -0.25) is 4.79 Å². The number of hydrogen-bond donors (Lipinski definition) is 0. The molecule has 6 heteroatoms. The third-order valence-electron chi connectivity index (χ3n) is 4.20. The second-order valence-corrected chi connectivity index (χ2v) is 6.28. The van der Waals surface area contributed by atoms with E-state index < -0.39 is 0 Å². The normalized spacial score (nSPS) is 25.0. The molecule has 5 nitrogen and oxygen atoms in total. The second-order valence-electron chi connectivity index (χ2n) is 5.42. The largest absolute Gasteiger partial charge is 0.462 e. The highest BCUT2D eigenvalue weighted by Crippen LogP contribution is 2.31. The lowest BCUT2D eigenvalue weighted by Gasteiger charge is -2.37. The van der Waals surface area contributed by atoms with Gasteiger partial charge in [0.25, 0.3) is 5.91 Å². The van der Waals surface area contributed by atoms with Crippen LogP contribution < -0.4 is 0 Å². The molecule has 0 spiro atoms. The van der Waals surface area contributed by atoms with Gasteiger partial charge in [0.05, 0.1) is 25.0 Å². The Morgan fingerprint density at radius 2 is 2.38 bits per heavy atom. The highest BCUT2D eigenvalue weighted by atomic mass is 32.1. The highest BCUT2D eigenvalue weighted by Gasteiger charge is 2.39. The molecular weight excluding hydrogens is 288 g/mol. The van der Waals surface area contributed by atoms with E-state index in [9.17, 15) is 4.79 Å². The number of carbonyl (C=O) groups is 1. The number of thiazole rings is 1. The number of carbonyl (C=O) groups excluding carboxylic acids is 1. The maximum atomic E-state index is 12.7. The van der Waals surface area contributed by atoms with Crippen molar-refractivity contribution >= 4 is 17.2 Å². The number of nitrogens with zero attached hydrogens (tertiary/aromatic N) is 2. The number of furan rings is 1. The predicted octanol–water partition coefficient (Wildman–Crippen LogP) is 2.80. The van der Waals surface area contributed by atoms with Crippen molar-refractivity contribution in [3.63, 3.8) is 0 Å². The van der Waals surface area contributed by atoms with Crippen LogP contribution in [0.15, 0.2) is 28.2 Å². The van der Waals surface area contributed by atoms with Gasteiger partial charge in [-0.25, -0.2) is 4.98 Å². The van der Waals surface area contributed by atoms with Crippen LogP contribution in [0.3, 0.4) is 0 Å². The zero-order chi connectivity index (χ0) is 14.2. The van der Waals surface area contributed by atoms with Crippen LogP contribution >= 0.6 is 11.3 Å². The van der Waals surface area contributed by atoms with Gasteiger partial charge in [-0.15, -0.1) is 11.3 Å². The number of rotatable bonds is 2.